The molecule has 8 heteroatoms. The molecule has 1 amide bonds. The molecule has 0 saturated heterocycles. The first kappa shape index (κ1) is 15.1. The Labute approximate surface area is 111 Å². The van der Waals surface area contributed by atoms with Crippen LogP contribution in [-0.4, -0.2) is 52.1 Å². The average Bonchev–Trinajstić information content (AvgIpc) is 2.82. The summed E-state index contributed by atoms with van der Waals surface area (Å²) in [5.41, 5.74) is -0.575. The molecule has 0 saturated carbocycles. The first-order valence-electron chi connectivity index (χ1n) is 5.93. The topological polar surface area (TPSA) is 109 Å². The van der Waals surface area contributed by atoms with Crippen molar-refractivity contribution in [2.45, 2.75) is 20.4 Å². The fraction of sp³-hybridized carbons (Fsp3) is 0.636. The zero-order valence-corrected chi connectivity index (χ0v) is 11.3. The summed E-state index contributed by atoms with van der Waals surface area (Å²) in [5, 5.41) is 21.6. The highest BCUT2D eigenvalue weighted by molar-refractivity contribution is 5.84. The van der Waals surface area contributed by atoms with Crippen LogP contribution in [0.25, 0.3) is 0 Å². The third-order valence-corrected chi connectivity index (χ3v) is 2.68. The van der Waals surface area contributed by atoms with Crippen molar-refractivity contribution in [1.29, 1.82) is 0 Å². The fourth-order valence-corrected chi connectivity index (χ4v) is 1.52. The molecular weight excluding hydrogens is 250 g/mol. The van der Waals surface area contributed by atoms with Gasteiger partial charge in [-0.25, -0.2) is 4.79 Å². The molecular formula is C11H19N5O3. The molecule has 1 rings (SSSR count). The zero-order chi connectivity index (χ0) is 14.5. The van der Waals surface area contributed by atoms with Gasteiger partial charge in [-0.05, 0) is 13.8 Å². The van der Waals surface area contributed by atoms with Gasteiger partial charge < -0.3 is 15.7 Å². The third kappa shape index (κ3) is 4.32. The van der Waals surface area contributed by atoms with Gasteiger partial charge >= 0.3 is 5.97 Å². The van der Waals surface area contributed by atoms with Crippen molar-refractivity contribution in [2.75, 3.05) is 20.1 Å². The van der Waals surface area contributed by atoms with E-state index in [-0.39, 0.29) is 11.6 Å². The molecule has 106 valence electrons. The number of nitrogens with zero attached hydrogens (tertiary/aromatic N) is 3. The predicted octanol–water partition coefficient (Wildman–Crippen LogP) is -0.662. The number of aromatic nitrogens is 3. The minimum absolute atomic E-state index is 0.0334. The third-order valence-electron chi connectivity index (χ3n) is 2.68. The van der Waals surface area contributed by atoms with Gasteiger partial charge in [0.15, 0.2) is 5.69 Å². The van der Waals surface area contributed by atoms with Crippen LogP contribution in [-0.2, 0) is 11.3 Å². The van der Waals surface area contributed by atoms with E-state index in [4.69, 9.17) is 5.11 Å². The molecule has 1 heterocycles. The number of carboxylic acid groups (broad SMARTS) is 1. The number of aromatic carboxylic acids is 1. The summed E-state index contributed by atoms with van der Waals surface area (Å²) in [6.45, 7) is 5.27. The number of carbonyl (C=O) groups is 2. The van der Waals surface area contributed by atoms with Gasteiger partial charge in [-0.15, -0.1) is 5.10 Å². The summed E-state index contributed by atoms with van der Waals surface area (Å²) in [6.07, 6.45) is 1.37. The van der Waals surface area contributed by atoms with E-state index in [0.29, 0.717) is 19.6 Å². The highest BCUT2D eigenvalue weighted by atomic mass is 16.4. The highest BCUT2D eigenvalue weighted by Gasteiger charge is 2.25. The van der Waals surface area contributed by atoms with E-state index in [9.17, 15) is 9.59 Å². The van der Waals surface area contributed by atoms with Crippen molar-refractivity contribution in [3.05, 3.63) is 11.9 Å². The summed E-state index contributed by atoms with van der Waals surface area (Å²) in [6, 6.07) is 0. The van der Waals surface area contributed by atoms with E-state index in [0.717, 1.165) is 0 Å². The van der Waals surface area contributed by atoms with Crippen LogP contribution < -0.4 is 10.6 Å². The van der Waals surface area contributed by atoms with E-state index in [1.807, 2.05) is 13.8 Å². The van der Waals surface area contributed by atoms with E-state index in [1.54, 1.807) is 7.05 Å². The summed E-state index contributed by atoms with van der Waals surface area (Å²) in [7, 11) is 1.60. The quantitative estimate of drug-likeness (QED) is 0.567. The Kier molecular flexibility index (Phi) is 4.99. The van der Waals surface area contributed by atoms with Crippen LogP contribution in [0.2, 0.25) is 0 Å². The van der Waals surface area contributed by atoms with Crippen LogP contribution in [0.15, 0.2) is 6.20 Å². The van der Waals surface area contributed by atoms with Gasteiger partial charge in [0.1, 0.15) is 0 Å². The monoisotopic (exact) mass is 269 g/mol. The summed E-state index contributed by atoms with van der Waals surface area (Å²) >= 11 is 0. The molecule has 0 radical (unpaired) electrons. The van der Waals surface area contributed by atoms with Gasteiger partial charge in [0.05, 0.1) is 18.2 Å². The maximum atomic E-state index is 11.5. The van der Waals surface area contributed by atoms with Crippen molar-refractivity contribution in [3.63, 3.8) is 0 Å². The Morgan fingerprint density at radius 1 is 1.47 bits per heavy atom. The van der Waals surface area contributed by atoms with E-state index in [2.05, 4.69) is 20.9 Å². The molecule has 0 unspecified atom stereocenters. The van der Waals surface area contributed by atoms with Crippen LogP contribution in [0.5, 0.6) is 0 Å². The summed E-state index contributed by atoms with van der Waals surface area (Å²) in [5.74, 6) is -1.13. The van der Waals surface area contributed by atoms with Crippen LogP contribution in [0.4, 0.5) is 0 Å². The lowest BCUT2D eigenvalue weighted by atomic mass is 9.92. The lowest BCUT2D eigenvalue weighted by Crippen LogP contribution is -2.42. The molecule has 0 bridgehead atoms. The summed E-state index contributed by atoms with van der Waals surface area (Å²) in [4.78, 5) is 22.1. The molecule has 8 nitrogen and oxygen atoms in total. The largest absolute Gasteiger partial charge is 0.476 e. The first-order chi connectivity index (χ1) is 8.86. The lowest BCUT2D eigenvalue weighted by Gasteiger charge is -2.22. The van der Waals surface area contributed by atoms with Gasteiger partial charge in [-0.1, -0.05) is 5.21 Å². The smallest absolute Gasteiger partial charge is 0.358 e. The Balaban J connectivity index is 2.34. The molecule has 1 aromatic heterocycles. The lowest BCUT2D eigenvalue weighted by molar-refractivity contribution is -0.128. The Morgan fingerprint density at radius 3 is 2.68 bits per heavy atom. The number of amides is 1. The predicted molar refractivity (Wildman–Crippen MR) is 67.7 cm³/mol. The number of carboxylic acids is 1. The van der Waals surface area contributed by atoms with Crippen molar-refractivity contribution in [1.82, 2.24) is 25.6 Å². The molecule has 3 N–H and O–H groups in total. The second-order valence-corrected chi connectivity index (χ2v) is 4.81. The molecule has 0 spiro atoms. The van der Waals surface area contributed by atoms with Gasteiger partial charge in [0, 0.05) is 20.1 Å². The Morgan fingerprint density at radius 2 is 2.16 bits per heavy atom. The van der Waals surface area contributed by atoms with Gasteiger partial charge in [-0.3, -0.25) is 9.48 Å². The van der Waals surface area contributed by atoms with Gasteiger partial charge in [0.2, 0.25) is 5.91 Å². The van der Waals surface area contributed by atoms with Gasteiger partial charge in [-0.2, -0.15) is 0 Å². The number of hydrogen-bond donors (Lipinski definition) is 3. The van der Waals surface area contributed by atoms with Crippen molar-refractivity contribution >= 4 is 11.9 Å². The van der Waals surface area contributed by atoms with Crippen LogP contribution in [0.1, 0.15) is 24.3 Å². The van der Waals surface area contributed by atoms with Crippen molar-refractivity contribution in [2.24, 2.45) is 5.41 Å². The Hall–Kier alpha value is -1.96. The van der Waals surface area contributed by atoms with Crippen LogP contribution >= 0.6 is 0 Å². The molecule has 0 aliphatic rings. The van der Waals surface area contributed by atoms with Gasteiger partial charge in [0.25, 0.3) is 0 Å². The van der Waals surface area contributed by atoms with E-state index in [1.165, 1.54) is 10.9 Å². The minimum Gasteiger partial charge on any atom is -0.476 e. The molecule has 19 heavy (non-hydrogen) atoms. The molecule has 0 atom stereocenters. The van der Waals surface area contributed by atoms with E-state index < -0.39 is 11.4 Å². The molecule has 0 aliphatic heterocycles. The standard InChI is InChI=1S/C11H19N5O3/c1-11(2,10(19)12-3)7-13-4-5-16-6-8(9(17)18)14-15-16/h6,13H,4-5,7H2,1-3H3,(H,12,19)(H,17,18). The average molecular weight is 269 g/mol. The SMILES string of the molecule is CNC(=O)C(C)(C)CNCCn1cc(C(=O)O)nn1. The number of nitrogens with one attached hydrogen (secondary N) is 2. The van der Waals surface area contributed by atoms with Crippen molar-refractivity contribution in [3.8, 4) is 0 Å². The number of carbonyl (C=O) groups excluding carboxylic acids is 1. The van der Waals surface area contributed by atoms with Crippen LogP contribution in [0.3, 0.4) is 0 Å². The number of rotatable bonds is 7. The highest BCUT2D eigenvalue weighted by Crippen LogP contribution is 2.12. The number of hydrogen-bond acceptors (Lipinski definition) is 5. The molecule has 0 aromatic carbocycles. The second kappa shape index (κ2) is 6.28. The molecule has 0 fully saturated rings. The Bertz CT molecular complexity index is 455. The fourth-order valence-electron chi connectivity index (χ4n) is 1.52. The maximum Gasteiger partial charge on any atom is 0.358 e. The van der Waals surface area contributed by atoms with E-state index >= 15 is 0 Å². The maximum absolute atomic E-state index is 11.5. The minimum atomic E-state index is -1.10. The second-order valence-electron chi connectivity index (χ2n) is 4.81. The molecule has 1 aromatic rings. The van der Waals surface area contributed by atoms with Crippen molar-refractivity contribution < 1.29 is 14.7 Å². The normalized spacial score (nSPS) is 11.3. The van der Waals surface area contributed by atoms with Crippen LogP contribution in [0, 0.1) is 5.41 Å². The first-order valence-corrected chi connectivity index (χ1v) is 5.93. The molecule has 0 aliphatic carbocycles. The summed E-state index contributed by atoms with van der Waals surface area (Å²) < 4.78 is 1.45. The zero-order valence-electron chi connectivity index (χ0n) is 11.3.